The fraction of sp³-hybridized carbons (Fsp3) is 0.500. The Morgan fingerprint density at radius 1 is 1.43 bits per heavy atom. The Kier molecular flexibility index (Phi) is 5.24. The Morgan fingerprint density at radius 3 is 3.00 bits per heavy atom. The molecule has 0 saturated heterocycles. The van der Waals surface area contributed by atoms with Crippen LogP contribution in [-0.4, -0.2) is 52.0 Å². The Balaban J connectivity index is 1.97. The second-order valence-electron chi connectivity index (χ2n) is 4.78. The summed E-state index contributed by atoms with van der Waals surface area (Å²) in [5, 5.41) is 15.6. The molecule has 0 aliphatic carbocycles. The minimum Gasteiger partial charge on any atom is -0.394 e. The third-order valence-electron chi connectivity index (χ3n) is 3.01. The summed E-state index contributed by atoms with van der Waals surface area (Å²) in [7, 11) is 0. The van der Waals surface area contributed by atoms with Crippen LogP contribution in [0.25, 0.3) is 5.65 Å². The van der Waals surface area contributed by atoms with Gasteiger partial charge in [0.15, 0.2) is 5.65 Å². The van der Waals surface area contributed by atoms with Gasteiger partial charge in [0, 0.05) is 24.5 Å². The number of nitrogens with zero attached hydrogens (tertiary/aromatic N) is 3. The van der Waals surface area contributed by atoms with Crippen LogP contribution in [-0.2, 0) is 4.74 Å². The predicted octanol–water partition coefficient (Wildman–Crippen LogP) is 0.475. The molecule has 0 unspecified atom stereocenters. The molecular formula is C14H20N4O3. The number of aromatic nitrogens is 3. The number of aliphatic hydroxyl groups excluding tert-OH is 1. The number of ether oxygens (including phenoxy) is 1. The molecule has 2 aromatic rings. The van der Waals surface area contributed by atoms with Gasteiger partial charge in [0.1, 0.15) is 5.56 Å². The van der Waals surface area contributed by atoms with Crippen LogP contribution >= 0.6 is 0 Å². The Bertz CT molecular complexity index is 624. The number of aliphatic hydroxyl groups is 1. The number of amides is 1. The zero-order valence-corrected chi connectivity index (χ0v) is 12.3. The van der Waals surface area contributed by atoms with Gasteiger partial charge in [0.25, 0.3) is 5.91 Å². The van der Waals surface area contributed by atoms with Crippen molar-refractivity contribution < 1.29 is 14.6 Å². The van der Waals surface area contributed by atoms with E-state index in [4.69, 9.17) is 9.84 Å². The fourth-order valence-corrected chi connectivity index (χ4v) is 2.07. The second kappa shape index (κ2) is 7.14. The van der Waals surface area contributed by atoms with Gasteiger partial charge in [-0.3, -0.25) is 4.79 Å². The summed E-state index contributed by atoms with van der Waals surface area (Å²) in [5.41, 5.74) is 2.83. The van der Waals surface area contributed by atoms with Gasteiger partial charge in [-0.15, -0.1) is 0 Å². The lowest BCUT2D eigenvalue weighted by molar-refractivity contribution is 0.0868. The lowest BCUT2D eigenvalue weighted by atomic mass is 10.3. The highest BCUT2D eigenvalue weighted by molar-refractivity contribution is 5.99. The number of carbonyl (C=O) groups is 1. The quantitative estimate of drug-likeness (QED) is 0.724. The van der Waals surface area contributed by atoms with Gasteiger partial charge in [-0.05, 0) is 26.3 Å². The molecule has 0 atom stereocenters. The summed E-state index contributed by atoms with van der Waals surface area (Å²) in [6, 6.07) is 1.92. The van der Waals surface area contributed by atoms with Crippen molar-refractivity contribution in [1.82, 2.24) is 19.9 Å². The molecule has 0 spiro atoms. The van der Waals surface area contributed by atoms with E-state index in [1.807, 2.05) is 19.9 Å². The highest BCUT2D eigenvalue weighted by Crippen LogP contribution is 2.11. The van der Waals surface area contributed by atoms with Crippen molar-refractivity contribution in [2.45, 2.75) is 20.3 Å². The number of hydrogen-bond acceptors (Lipinski definition) is 5. The normalized spacial score (nSPS) is 11.0. The van der Waals surface area contributed by atoms with Crippen LogP contribution in [0.5, 0.6) is 0 Å². The first kappa shape index (κ1) is 15.4. The molecule has 2 N–H and O–H groups in total. The van der Waals surface area contributed by atoms with E-state index < -0.39 is 0 Å². The van der Waals surface area contributed by atoms with E-state index >= 15 is 0 Å². The number of fused-ring (bicyclic) bond motifs is 1. The molecule has 0 bridgehead atoms. The number of hydrogen-bond donors (Lipinski definition) is 2. The van der Waals surface area contributed by atoms with E-state index in [2.05, 4.69) is 15.4 Å². The van der Waals surface area contributed by atoms with E-state index in [1.165, 1.54) is 6.20 Å². The lowest BCUT2D eigenvalue weighted by Crippen LogP contribution is -2.25. The standard InChI is InChI=1S/C14H20N4O3/c1-10-8-11(2)18-13(17-10)12(9-16-18)14(20)15-4-3-6-21-7-5-19/h8-9,19H,3-7H2,1-2H3,(H,15,20). The molecule has 21 heavy (non-hydrogen) atoms. The number of nitrogens with one attached hydrogen (secondary N) is 1. The summed E-state index contributed by atoms with van der Waals surface area (Å²) in [6.07, 6.45) is 2.23. The molecule has 0 aliphatic rings. The van der Waals surface area contributed by atoms with E-state index in [0.717, 1.165) is 11.4 Å². The smallest absolute Gasteiger partial charge is 0.256 e. The minimum atomic E-state index is -0.190. The maximum atomic E-state index is 12.1. The van der Waals surface area contributed by atoms with Gasteiger partial charge in [0.05, 0.1) is 19.4 Å². The number of carbonyl (C=O) groups excluding carboxylic acids is 1. The van der Waals surface area contributed by atoms with Crippen LogP contribution < -0.4 is 5.32 Å². The summed E-state index contributed by atoms with van der Waals surface area (Å²) in [5.74, 6) is -0.190. The highest BCUT2D eigenvalue weighted by Gasteiger charge is 2.14. The van der Waals surface area contributed by atoms with Crippen molar-refractivity contribution in [3.8, 4) is 0 Å². The van der Waals surface area contributed by atoms with Crippen LogP contribution in [0.3, 0.4) is 0 Å². The largest absolute Gasteiger partial charge is 0.394 e. The summed E-state index contributed by atoms with van der Waals surface area (Å²) in [6.45, 7) is 5.16. The molecule has 114 valence electrons. The molecule has 0 fully saturated rings. The highest BCUT2D eigenvalue weighted by atomic mass is 16.5. The molecule has 7 heteroatoms. The third kappa shape index (κ3) is 3.77. The maximum Gasteiger partial charge on any atom is 0.256 e. The van der Waals surface area contributed by atoms with Crippen molar-refractivity contribution in [3.63, 3.8) is 0 Å². The van der Waals surface area contributed by atoms with Crippen LogP contribution in [0.4, 0.5) is 0 Å². The van der Waals surface area contributed by atoms with E-state index in [9.17, 15) is 4.79 Å². The molecule has 1 amide bonds. The number of aryl methyl sites for hydroxylation is 2. The first-order valence-electron chi connectivity index (χ1n) is 6.92. The maximum absolute atomic E-state index is 12.1. The van der Waals surface area contributed by atoms with Crippen molar-refractivity contribution in [3.05, 3.63) is 29.2 Å². The SMILES string of the molecule is Cc1cc(C)n2ncc(C(=O)NCCCOCCO)c2n1. The van der Waals surface area contributed by atoms with Crippen molar-refractivity contribution in [1.29, 1.82) is 0 Å². The summed E-state index contributed by atoms with van der Waals surface area (Å²) in [4.78, 5) is 16.5. The minimum absolute atomic E-state index is 0.0130. The van der Waals surface area contributed by atoms with E-state index in [-0.39, 0.29) is 12.5 Å². The molecule has 0 saturated carbocycles. The van der Waals surface area contributed by atoms with Crippen molar-refractivity contribution in [2.75, 3.05) is 26.4 Å². The monoisotopic (exact) mass is 292 g/mol. The topological polar surface area (TPSA) is 88.8 Å². The predicted molar refractivity (Wildman–Crippen MR) is 77.3 cm³/mol. The fourth-order valence-electron chi connectivity index (χ4n) is 2.07. The average Bonchev–Trinajstić information content (AvgIpc) is 2.86. The summed E-state index contributed by atoms with van der Waals surface area (Å²) >= 11 is 0. The number of rotatable bonds is 7. The van der Waals surface area contributed by atoms with E-state index in [0.29, 0.717) is 37.4 Å². The Hall–Kier alpha value is -1.99. The molecule has 0 aliphatic heterocycles. The van der Waals surface area contributed by atoms with Gasteiger partial charge in [-0.1, -0.05) is 0 Å². The van der Waals surface area contributed by atoms with E-state index in [1.54, 1.807) is 4.52 Å². The lowest BCUT2D eigenvalue weighted by Gasteiger charge is -2.05. The Labute approximate surface area is 122 Å². The first-order chi connectivity index (χ1) is 10.1. The molecule has 2 rings (SSSR count). The molecule has 2 aromatic heterocycles. The molecule has 7 nitrogen and oxygen atoms in total. The van der Waals surface area contributed by atoms with Crippen LogP contribution in [0.2, 0.25) is 0 Å². The van der Waals surface area contributed by atoms with Gasteiger partial charge >= 0.3 is 0 Å². The van der Waals surface area contributed by atoms with Crippen LogP contribution in [0.1, 0.15) is 28.2 Å². The molecular weight excluding hydrogens is 272 g/mol. The average molecular weight is 292 g/mol. The first-order valence-corrected chi connectivity index (χ1v) is 6.92. The van der Waals surface area contributed by atoms with Crippen molar-refractivity contribution in [2.24, 2.45) is 0 Å². The third-order valence-corrected chi connectivity index (χ3v) is 3.01. The van der Waals surface area contributed by atoms with Gasteiger partial charge < -0.3 is 15.2 Å². The molecule has 0 radical (unpaired) electrons. The van der Waals surface area contributed by atoms with Gasteiger partial charge in [-0.25, -0.2) is 9.50 Å². The molecule has 0 aromatic carbocycles. The molecule has 2 heterocycles. The van der Waals surface area contributed by atoms with Gasteiger partial charge in [-0.2, -0.15) is 5.10 Å². The second-order valence-corrected chi connectivity index (χ2v) is 4.78. The van der Waals surface area contributed by atoms with Crippen molar-refractivity contribution >= 4 is 11.6 Å². The summed E-state index contributed by atoms with van der Waals surface area (Å²) < 4.78 is 6.79. The zero-order chi connectivity index (χ0) is 15.2. The zero-order valence-electron chi connectivity index (χ0n) is 12.3. The van der Waals surface area contributed by atoms with Gasteiger partial charge in [0.2, 0.25) is 0 Å². The van der Waals surface area contributed by atoms with Crippen LogP contribution in [0, 0.1) is 13.8 Å². The Morgan fingerprint density at radius 2 is 2.24 bits per heavy atom. The van der Waals surface area contributed by atoms with Crippen LogP contribution in [0.15, 0.2) is 12.3 Å².